The second kappa shape index (κ2) is 8.66. The van der Waals surface area contributed by atoms with Gasteiger partial charge in [-0.2, -0.15) is 0 Å². The van der Waals surface area contributed by atoms with Crippen LogP contribution in [0.2, 0.25) is 0 Å². The summed E-state index contributed by atoms with van der Waals surface area (Å²) in [7, 11) is 0. The van der Waals surface area contributed by atoms with E-state index < -0.39 is 0 Å². The van der Waals surface area contributed by atoms with Gasteiger partial charge in [0.15, 0.2) is 0 Å². The SMILES string of the molecule is Cc1ccc(NC(=O)Nc2ccccc2)cc1NC(=O)CC1CC2CCC(C1)N2. The summed E-state index contributed by atoms with van der Waals surface area (Å²) in [6.07, 6.45) is 5.20. The topological polar surface area (TPSA) is 82.3 Å². The standard InChI is InChI=1S/C23H28N4O2/c1-15-7-8-20(26-23(29)25-17-5-3-2-4-6-17)14-21(15)27-22(28)13-16-11-18-9-10-19(12-16)24-18/h2-8,14,16,18-19,24H,9-13H2,1H3,(H,27,28)(H2,25,26,29). The van der Waals surface area contributed by atoms with Gasteiger partial charge in [0.25, 0.3) is 0 Å². The predicted octanol–water partition coefficient (Wildman–Crippen LogP) is 4.50. The number of para-hydroxylation sites is 1. The molecule has 2 aliphatic rings. The van der Waals surface area contributed by atoms with E-state index in [1.54, 1.807) is 0 Å². The third-order valence-electron chi connectivity index (χ3n) is 5.85. The Labute approximate surface area is 171 Å². The van der Waals surface area contributed by atoms with Gasteiger partial charge in [-0.25, -0.2) is 4.79 Å². The monoisotopic (exact) mass is 392 g/mol. The molecule has 2 atom stereocenters. The number of amides is 3. The molecule has 2 aromatic rings. The molecule has 0 spiro atoms. The normalized spacial score (nSPS) is 22.7. The van der Waals surface area contributed by atoms with E-state index in [2.05, 4.69) is 21.3 Å². The van der Waals surface area contributed by atoms with Crippen LogP contribution in [0, 0.1) is 12.8 Å². The molecule has 6 heteroatoms. The minimum absolute atomic E-state index is 0.0466. The number of carbonyl (C=O) groups is 2. The molecule has 152 valence electrons. The number of hydrogen-bond donors (Lipinski definition) is 4. The lowest BCUT2D eigenvalue weighted by atomic mass is 9.89. The number of nitrogens with one attached hydrogen (secondary N) is 4. The van der Waals surface area contributed by atoms with E-state index >= 15 is 0 Å². The summed E-state index contributed by atoms with van der Waals surface area (Å²) < 4.78 is 0. The van der Waals surface area contributed by atoms with Gasteiger partial charge < -0.3 is 21.3 Å². The highest BCUT2D eigenvalue weighted by Crippen LogP contribution is 2.33. The third-order valence-corrected chi connectivity index (χ3v) is 5.85. The Morgan fingerprint density at radius 1 is 0.931 bits per heavy atom. The number of hydrogen-bond acceptors (Lipinski definition) is 3. The molecule has 29 heavy (non-hydrogen) atoms. The minimum Gasteiger partial charge on any atom is -0.326 e. The molecule has 2 aromatic carbocycles. The number of anilines is 3. The van der Waals surface area contributed by atoms with Gasteiger partial charge in [0.2, 0.25) is 5.91 Å². The zero-order valence-electron chi connectivity index (χ0n) is 16.7. The number of carbonyl (C=O) groups excluding carboxylic acids is 2. The van der Waals surface area contributed by atoms with Crippen LogP contribution in [0.5, 0.6) is 0 Å². The molecule has 2 heterocycles. The maximum Gasteiger partial charge on any atom is 0.323 e. The maximum atomic E-state index is 12.6. The molecule has 2 fully saturated rings. The van der Waals surface area contributed by atoms with Crippen molar-refractivity contribution in [2.75, 3.05) is 16.0 Å². The second-order valence-electron chi connectivity index (χ2n) is 8.20. The first-order valence-corrected chi connectivity index (χ1v) is 10.3. The van der Waals surface area contributed by atoms with Crippen molar-refractivity contribution in [3.63, 3.8) is 0 Å². The molecule has 2 aliphatic heterocycles. The van der Waals surface area contributed by atoms with Crippen molar-refractivity contribution in [1.82, 2.24) is 5.32 Å². The van der Waals surface area contributed by atoms with Gasteiger partial charge >= 0.3 is 6.03 Å². The first-order valence-electron chi connectivity index (χ1n) is 10.3. The predicted molar refractivity (Wildman–Crippen MR) is 116 cm³/mol. The van der Waals surface area contributed by atoms with Gasteiger partial charge in [0, 0.05) is 35.6 Å². The van der Waals surface area contributed by atoms with Gasteiger partial charge in [-0.15, -0.1) is 0 Å². The van der Waals surface area contributed by atoms with Crippen LogP contribution in [0.3, 0.4) is 0 Å². The van der Waals surface area contributed by atoms with Crippen molar-refractivity contribution in [3.8, 4) is 0 Å². The Bertz CT molecular complexity index is 872. The maximum absolute atomic E-state index is 12.6. The Hall–Kier alpha value is -2.86. The average molecular weight is 393 g/mol. The van der Waals surface area contributed by atoms with E-state index in [-0.39, 0.29) is 11.9 Å². The van der Waals surface area contributed by atoms with Crippen molar-refractivity contribution in [1.29, 1.82) is 0 Å². The Balaban J connectivity index is 1.34. The Morgan fingerprint density at radius 3 is 2.34 bits per heavy atom. The van der Waals surface area contributed by atoms with Crippen LogP contribution in [0.15, 0.2) is 48.5 Å². The molecule has 0 aromatic heterocycles. The summed E-state index contributed by atoms with van der Waals surface area (Å²) in [5, 5.41) is 12.3. The van der Waals surface area contributed by atoms with E-state index in [9.17, 15) is 9.59 Å². The molecular formula is C23H28N4O2. The van der Waals surface area contributed by atoms with E-state index in [0.717, 1.165) is 29.8 Å². The Kier molecular flexibility index (Phi) is 5.81. The summed E-state index contributed by atoms with van der Waals surface area (Å²) >= 11 is 0. The van der Waals surface area contributed by atoms with E-state index in [1.807, 2.05) is 55.5 Å². The zero-order valence-corrected chi connectivity index (χ0v) is 16.7. The molecule has 0 aliphatic carbocycles. The van der Waals surface area contributed by atoms with E-state index in [4.69, 9.17) is 0 Å². The van der Waals surface area contributed by atoms with Crippen LogP contribution in [0.25, 0.3) is 0 Å². The summed E-state index contributed by atoms with van der Waals surface area (Å²) in [5.41, 5.74) is 3.07. The lowest BCUT2D eigenvalue weighted by Crippen LogP contribution is -2.39. The van der Waals surface area contributed by atoms with Crippen LogP contribution < -0.4 is 21.3 Å². The molecule has 0 radical (unpaired) electrons. The minimum atomic E-state index is -0.317. The fraction of sp³-hybridized carbons (Fsp3) is 0.391. The molecular weight excluding hydrogens is 364 g/mol. The quantitative estimate of drug-likeness (QED) is 0.605. The molecule has 6 nitrogen and oxygen atoms in total. The number of piperidine rings is 1. The number of fused-ring (bicyclic) bond motifs is 2. The van der Waals surface area contributed by atoms with Gasteiger partial charge in [0.1, 0.15) is 0 Å². The fourth-order valence-corrected chi connectivity index (χ4v) is 4.45. The Morgan fingerprint density at radius 2 is 1.62 bits per heavy atom. The summed E-state index contributed by atoms with van der Waals surface area (Å²) in [6, 6.07) is 15.7. The van der Waals surface area contributed by atoms with Crippen LogP contribution in [0.4, 0.5) is 21.9 Å². The first kappa shape index (κ1) is 19.5. The fourth-order valence-electron chi connectivity index (χ4n) is 4.45. The lowest BCUT2D eigenvalue weighted by Gasteiger charge is -2.28. The van der Waals surface area contributed by atoms with Crippen molar-refractivity contribution in [2.45, 2.75) is 51.1 Å². The van der Waals surface area contributed by atoms with Gasteiger partial charge in [-0.05, 0) is 68.4 Å². The molecule has 4 rings (SSSR count). The zero-order chi connectivity index (χ0) is 20.2. The molecule has 2 saturated heterocycles. The summed E-state index contributed by atoms with van der Waals surface area (Å²) in [6.45, 7) is 1.95. The number of aryl methyl sites for hydroxylation is 1. The number of rotatable bonds is 5. The van der Waals surface area contributed by atoms with Gasteiger partial charge in [-0.3, -0.25) is 4.79 Å². The highest BCUT2D eigenvalue weighted by Gasteiger charge is 2.34. The lowest BCUT2D eigenvalue weighted by molar-refractivity contribution is -0.117. The van der Waals surface area contributed by atoms with Gasteiger partial charge in [-0.1, -0.05) is 24.3 Å². The number of urea groups is 1. The third kappa shape index (κ3) is 5.15. The highest BCUT2D eigenvalue weighted by molar-refractivity contribution is 6.00. The van der Waals surface area contributed by atoms with Crippen LogP contribution in [-0.4, -0.2) is 24.0 Å². The van der Waals surface area contributed by atoms with Crippen molar-refractivity contribution < 1.29 is 9.59 Å². The average Bonchev–Trinajstić information content (AvgIpc) is 3.03. The van der Waals surface area contributed by atoms with E-state index in [0.29, 0.717) is 30.1 Å². The molecule has 2 unspecified atom stereocenters. The summed E-state index contributed by atoms with van der Waals surface area (Å²) in [4.78, 5) is 24.8. The summed E-state index contributed by atoms with van der Waals surface area (Å²) in [5.74, 6) is 0.498. The van der Waals surface area contributed by atoms with Crippen molar-refractivity contribution >= 4 is 29.0 Å². The smallest absolute Gasteiger partial charge is 0.323 e. The number of benzene rings is 2. The van der Waals surface area contributed by atoms with Gasteiger partial charge in [0.05, 0.1) is 0 Å². The van der Waals surface area contributed by atoms with E-state index in [1.165, 1.54) is 12.8 Å². The molecule has 2 bridgehead atoms. The largest absolute Gasteiger partial charge is 0.326 e. The molecule has 0 saturated carbocycles. The van der Waals surface area contributed by atoms with Crippen LogP contribution in [0.1, 0.15) is 37.7 Å². The highest BCUT2D eigenvalue weighted by atomic mass is 16.2. The van der Waals surface area contributed by atoms with Crippen molar-refractivity contribution in [2.24, 2.45) is 5.92 Å². The van der Waals surface area contributed by atoms with Crippen molar-refractivity contribution in [3.05, 3.63) is 54.1 Å². The van der Waals surface area contributed by atoms with Crippen LogP contribution >= 0.6 is 0 Å². The first-order chi connectivity index (χ1) is 14.0. The molecule has 4 N–H and O–H groups in total. The molecule has 3 amide bonds. The second-order valence-corrected chi connectivity index (χ2v) is 8.20. The van der Waals surface area contributed by atoms with Crippen LogP contribution in [-0.2, 0) is 4.79 Å².